The van der Waals surface area contributed by atoms with Gasteiger partial charge in [-0.25, -0.2) is 22.2 Å². The zero-order chi connectivity index (χ0) is 19.3. The number of phenolic OH excluding ortho intramolecular Hbond substituents is 1. The van der Waals surface area contributed by atoms with Crippen LogP contribution >= 0.6 is 0 Å². The zero-order valence-electron chi connectivity index (χ0n) is 14.2. The molecule has 0 aliphatic carbocycles. The summed E-state index contributed by atoms with van der Waals surface area (Å²) in [7, 11) is -1.89. The molecule has 10 heteroatoms. The van der Waals surface area contributed by atoms with Gasteiger partial charge in [0.05, 0.1) is 17.4 Å². The normalized spacial score (nSPS) is 15.3. The van der Waals surface area contributed by atoms with Crippen LogP contribution in [-0.2, 0) is 10.0 Å². The SMILES string of the molecule is CNS(=O)(=O)C1CN(c2ccc3c(cnn3-c3cc(O)c(F)c(F)c3)c2)C1. The van der Waals surface area contributed by atoms with Crippen molar-refractivity contribution in [3.8, 4) is 11.4 Å². The van der Waals surface area contributed by atoms with Crippen molar-refractivity contribution in [3.05, 3.63) is 48.2 Å². The number of benzene rings is 2. The first-order valence-electron chi connectivity index (χ1n) is 8.13. The molecule has 27 heavy (non-hydrogen) atoms. The van der Waals surface area contributed by atoms with Gasteiger partial charge in [0, 0.05) is 36.3 Å². The van der Waals surface area contributed by atoms with Gasteiger partial charge in [-0.15, -0.1) is 0 Å². The van der Waals surface area contributed by atoms with E-state index in [-0.39, 0.29) is 5.69 Å². The summed E-state index contributed by atoms with van der Waals surface area (Å²) < 4.78 is 54.2. The number of nitrogens with one attached hydrogen (secondary N) is 1. The summed E-state index contributed by atoms with van der Waals surface area (Å²) in [4.78, 5) is 1.93. The van der Waals surface area contributed by atoms with Crippen LogP contribution in [0.3, 0.4) is 0 Å². The van der Waals surface area contributed by atoms with E-state index < -0.39 is 32.7 Å². The average Bonchev–Trinajstić information content (AvgIpc) is 3.01. The van der Waals surface area contributed by atoms with Crippen LogP contribution in [0, 0.1) is 11.6 Å². The molecule has 0 atom stereocenters. The molecule has 1 fully saturated rings. The summed E-state index contributed by atoms with van der Waals surface area (Å²) >= 11 is 0. The largest absolute Gasteiger partial charge is 0.505 e. The number of fused-ring (bicyclic) bond motifs is 1. The first-order chi connectivity index (χ1) is 12.8. The molecule has 2 N–H and O–H groups in total. The highest BCUT2D eigenvalue weighted by Gasteiger charge is 2.36. The van der Waals surface area contributed by atoms with Gasteiger partial charge in [0.2, 0.25) is 10.0 Å². The molecule has 2 heterocycles. The molecular weight excluding hydrogens is 378 g/mol. The Balaban J connectivity index is 1.64. The Kier molecular flexibility index (Phi) is 4.04. The van der Waals surface area contributed by atoms with Gasteiger partial charge in [-0.2, -0.15) is 9.49 Å². The number of aromatic hydroxyl groups is 1. The first-order valence-corrected chi connectivity index (χ1v) is 9.68. The highest BCUT2D eigenvalue weighted by Crippen LogP contribution is 2.30. The Bertz CT molecular complexity index is 1120. The molecule has 7 nitrogen and oxygen atoms in total. The molecule has 1 aliphatic rings. The molecule has 0 saturated carbocycles. The van der Waals surface area contributed by atoms with E-state index in [0.29, 0.717) is 18.6 Å². The van der Waals surface area contributed by atoms with E-state index in [2.05, 4.69) is 9.82 Å². The molecule has 0 unspecified atom stereocenters. The molecular formula is C17H16F2N4O3S. The minimum Gasteiger partial charge on any atom is -0.505 e. The molecule has 3 aromatic rings. The molecule has 0 spiro atoms. The Morgan fingerprint density at radius 3 is 2.59 bits per heavy atom. The number of sulfonamides is 1. The second kappa shape index (κ2) is 6.17. The maximum atomic E-state index is 13.6. The Hall–Kier alpha value is -2.72. The molecule has 4 rings (SSSR count). The maximum Gasteiger partial charge on any atom is 0.217 e. The van der Waals surface area contributed by atoms with Crippen molar-refractivity contribution in [2.75, 3.05) is 25.0 Å². The van der Waals surface area contributed by atoms with E-state index in [9.17, 15) is 22.3 Å². The number of aromatic nitrogens is 2. The molecule has 0 bridgehead atoms. The Labute approximate surface area is 153 Å². The zero-order valence-corrected chi connectivity index (χ0v) is 15.0. The quantitative estimate of drug-likeness (QED) is 0.704. The molecule has 1 saturated heterocycles. The highest BCUT2D eigenvalue weighted by atomic mass is 32.2. The number of nitrogens with zero attached hydrogens (tertiary/aromatic N) is 3. The summed E-state index contributed by atoms with van der Waals surface area (Å²) in [6.07, 6.45) is 1.57. The molecule has 0 radical (unpaired) electrons. The van der Waals surface area contributed by atoms with Crippen LogP contribution in [0.4, 0.5) is 14.5 Å². The second-order valence-corrected chi connectivity index (χ2v) is 8.50. The third kappa shape index (κ3) is 2.90. The van der Waals surface area contributed by atoms with Crippen LogP contribution < -0.4 is 9.62 Å². The lowest BCUT2D eigenvalue weighted by Gasteiger charge is -2.40. The van der Waals surface area contributed by atoms with E-state index in [1.54, 1.807) is 12.3 Å². The van der Waals surface area contributed by atoms with Gasteiger partial charge in [0.25, 0.3) is 0 Å². The van der Waals surface area contributed by atoms with Crippen molar-refractivity contribution in [1.82, 2.24) is 14.5 Å². The predicted molar refractivity (Wildman–Crippen MR) is 96.6 cm³/mol. The van der Waals surface area contributed by atoms with E-state index in [1.165, 1.54) is 11.7 Å². The van der Waals surface area contributed by atoms with E-state index in [1.807, 2.05) is 17.0 Å². The van der Waals surface area contributed by atoms with Gasteiger partial charge in [0.15, 0.2) is 17.4 Å². The standard InChI is InChI=1S/C17H16F2N4O3S/c1-20-27(25,26)13-8-22(9-13)11-2-3-15-10(4-11)7-21-23(15)12-5-14(18)17(19)16(24)6-12/h2-7,13,20,24H,8-9H2,1H3. The van der Waals surface area contributed by atoms with Crippen molar-refractivity contribution in [3.63, 3.8) is 0 Å². The lowest BCUT2D eigenvalue weighted by atomic mass is 10.1. The van der Waals surface area contributed by atoms with Gasteiger partial charge >= 0.3 is 0 Å². The van der Waals surface area contributed by atoms with Crippen LogP contribution in [-0.4, -0.2) is 48.7 Å². The van der Waals surface area contributed by atoms with Crippen LogP contribution in [0.15, 0.2) is 36.5 Å². The smallest absolute Gasteiger partial charge is 0.217 e. The van der Waals surface area contributed by atoms with Gasteiger partial charge in [0.1, 0.15) is 5.25 Å². The lowest BCUT2D eigenvalue weighted by molar-refractivity contribution is 0.406. The fraction of sp³-hybridized carbons (Fsp3) is 0.235. The Morgan fingerprint density at radius 1 is 1.19 bits per heavy atom. The van der Waals surface area contributed by atoms with Crippen LogP contribution in [0.5, 0.6) is 5.75 Å². The second-order valence-electron chi connectivity index (χ2n) is 6.34. The van der Waals surface area contributed by atoms with Crippen molar-refractivity contribution >= 4 is 26.6 Å². The maximum absolute atomic E-state index is 13.6. The molecule has 142 valence electrons. The number of halogens is 2. The number of rotatable bonds is 4. The summed E-state index contributed by atoms with van der Waals surface area (Å²) in [5, 5.41) is 14.0. The average molecular weight is 394 g/mol. The highest BCUT2D eigenvalue weighted by molar-refractivity contribution is 7.90. The number of phenols is 1. The molecule has 1 aromatic heterocycles. The number of hydrogen-bond donors (Lipinski definition) is 2. The minimum absolute atomic E-state index is 0.193. The topological polar surface area (TPSA) is 87.5 Å². The predicted octanol–water partition coefficient (Wildman–Crippen LogP) is 1.75. The van der Waals surface area contributed by atoms with Gasteiger partial charge in [-0.05, 0) is 25.2 Å². The van der Waals surface area contributed by atoms with E-state index >= 15 is 0 Å². The summed E-state index contributed by atoms with van der Waals surface area (Å²) in [6, 6.07) is 7.47. The van der Waals surface area contributed by atoms with Gasteiger partial charge in [-0.3, -0.25) is 0 Å². The van der Waals surface area contributed by atoms with Crippen molar-refractivity contribution in [2.24, 2.45) is 0 Å². The van der Waals surface area contributed by atoms with Crippen LogP contribution in [0.2, 0.25) is 0 Å². The summed E-state index contributed by atoms with van der Waals surface area (Å²) in [5.74, 6) is -3.26. The van der Waals surface area contributed by atoms with Crippen LogP contribution in [0.25, 0.3) is 16.6 Å². The van der Waals surface area contributed by atoms with Crippen LogP contribution in [0.1, 0.15) is 0 Å². The Morgan fingerprint density at radius 2 is 1.93 bits per heavy atom. The molecule has 0 amide bonds. The summed E-state index contributed by atoms with van der Waals surface area (Å²) in [6.45, 7) is 0.778. The van der Waals surface area contributed by atoms with Gasteiger partial charge < -0.3 is 10.0 Å². The van der Waals surface area contributed by atoms with Crippen molar-refractivity contribution in [1.29, 1.82) is 0 Å². The van der Waals surface area contributed by atoms with E-state index in [0.717, 1.165) is 23.2 Å². The van der Waals surface area contributed by atoms with E-state index in [4.69, 9.17) is 0 Å². The number of anilines is 1. The third-order valence-electron chi connectivity index (χ3n) is 4.73. The molecule has 1 aliphatic heterocycles. The molecule has 2 aromatic carbocycles. The van der Waals surface area contributed by atoms with Gasteiger partial charge in [-0.1, -0.05) is 0 Å². The number of hydrogen-bond acceptors (Lipinski definition) is 5. The van der Waals surface area contributed by atoms with Crippen molar-refractivity contribution < 1.29 is 22.3 Å². The fourth-order valence-electron chi connectivity index (χ4n) is 3.12. The monoisotopic (exact) mass is 394 g/mol. The fourth-order valence-corrected chi connectivity index (χ4v) is 4.20. The summed E-state index contributed by atoms with van der Waals surface area (Å²) in [5.41, 5.74) is 1.68. The third-order valence-corrected chi connectivity index (χ3v) is 6.47. The first kappa shape index (κ1) is 17.7. The lowest BCUT2D eigenvalue weighted by Crippen LogP contribution is -2.57. The van der Waals surface area contributed by atoms with Crippen molar-refractivity contribution in [2.45, 2.75) is 5.25 Å². The minimum atomic E-state index is -3.29.